The highest BCUT2D eigenvalue weighted by Crippen LogP contribution is 2.43. The van der Waals surface area contributed by atoms with E-state index in [1.807, 2.05) is 30.3 Å². The van der Waals surface area contributed by atoms with Crippen LogP contribution in [0.25, 0.3) is 0 Å². The van der Waals surface area contributed by atoms with Crippen molar-refractivity contribution in [3.05, 3.63) is 30.3 Å². The molecule has 1 amide bonds. The molecule has 0 radical (unpaired) electrons. The molecule has 25 heavy (non-hydrogen) atoms. The molecule has 1 saturated heterocycles. The first-order valence-electron chi connectivity index (χ1n) is 9.07. The van der Waals surface area contributed by atoms with E-state index in [-0.39, 0.29) is 24.0 Å². The van der Waals surface area contributed by atoms with E-state index in [4.69, 9.17) is 4.74 Å². The van der Waals surface area contributed by atoms with Gasteiger partial charge >= 0.3 is 6.09 Å². The smallest absolute Gasteiger partial charge is 0.407 e. The summed E-state index contributed by atoms with van der Waals surface area (Å²) in [7, 11) is -0.987. The molecular weight excluding hydrogens is 336 g/mol. The average molecular weight is 365 g/mol. The molecule has 138 valence electrons. The van der Waals surface area contributed by atoms with Gasteiger partial charge in [-0.15, -0.1) is 0 Å². The van der Waals surface area contributed by atoms with Gasteiger partial charge in [-0.25, -0.2) is 13.4 Å². The lowest BCUT2D eigenvalue weighted by Gasteiger charge is -2.51. The van der Waals surface area contributed by atoms with Crippen LogP contribution in [-0.4, -0.2) is 34.7 Å². The van der Waals surface area contributed by atoms with Crippen molar-refractivity contribution < 1.29 is 13.7 Å². The number of ether oxygens (including phenoxy) is 1. The van der Waals surface area contributed by atoms with Crippen molar-refractivity contribution in [1.29, 1.82) is 0 Å². The van der Waals surface area contributed by atoms with Crippen molar-refractivity contribution in [1.82, 2.24) is 5.32 Å². The van der Waals surface area contributed by atoms with E-state index in [2.05, 4.69) is 23.5 Å². The maximum Gasteiger partial charge on any atom is 0.407 e. The van der Waals surface area contributed by atoms with Gasteiger partial charge < -0.3 is 10.1 Å². The molecule has 2 aliphatic rings. The number of hydrogen-bond donors (Lipinski definition) is 1. The molecule has 3 rings (SSSR count). The summed E-state index contributed by atoms with van der Waals surface area (Å²) in [6.07, 6.45) is 3.43. The number of hydrogen-bond acceptors (Lipinski definition) is 4. The van der Waals surface area contributed by atoms with E-state index < -0.39 is 15.3 Å². The Labute approximate surface area is 150 Å². The van der Waals surface area contributed by atoms with Gasteiger partial charge in [0, 0.05) is 17.9 Å². The first-order valence-corrected chi connectivity index (χ1v) is 10.8. The molecule has 0 spiro atoms. The summed E-state index contributed by atoms with van der Waals surface area (Å²) in [6.45, 7) is 4.17. The highest BCUT2D eigenvalue weighted by atomic mass is 32.2. The first kappa shape index (κ1) is 18.2. The van der Waals surface area contributed by atoms with Crippen molar-refractivity contribution in [2.24, 2.45) is 16.2 Å². The fourth-order valence-corrected chi connectivity index (χ4v) is 6.61. The van der Waals surface area contributed by atoms with Crippen LogP contribution in [0, 0.1) is 11.8 Å². The minimum atomic E-state index is -2.60. The van der Waals surface area contributed by atoms with E-state index in [0.29, 0.717) is 5.75 Å². The SMILES string of the molecule is CN=[S@](=O)(C[C@]12CCCC[C@H]1[C@H](C(C)C)OC(=O)N2)c1ccccc1. The van der Waals surface area contributed by atoms with Crippen LogP contribution >= 0.6 is 0 Å². The van der Waals surface area contributed by atoms with Gasteiger partial charge in [0.05, 0.1) is 21.0 Å². The molecule has 0 bridgehead atoms. The lowest BCUT2D eigenvalue weighted by molar-refractivity contribution is -0.0520. The third kappa shape index (κ3) is 3.41. The predicted molar refractivity (Wildman–Crippen MR) is 99.0 cm³/mol. The Morgan fingerprint density at radius 3 is 2.68 bits per heavy atom. The van der Waals surface area contributed by atoms with Crippen molar-refractivity contribution in [3.8, 4) is 0 Å². The number of rotatable bonds is 4. The summed E-state index contributed by atoms with van der Waals surface area (Å²) in [6, 6.07) is 9.41. The number of benzene rings is 1. The summed E-state index contributed by atoms with van der Waals surface area (Å²) in [4.78, 5) is 13.0. The maximum absolute atomic E-state index is 13.7. The number of cyclic esters (lactones) is 1. The molecule has 1 aromatic rings. The zero-order valence-corrected chi connectivity index (χ0v) is 16.1. The normalized spacial score (nSPS) is 31.4. The molecule has 1 aromatic carbocycles. The fourth-order valence-electron chi connectivity index (χ4n) is 4.39. The summed E-state index contributed by atoms with van der Waals surface area (Å²) in [5.41, 5.74) is -0.505. The van der Waals surface area contributed by atoms with Crippen LogP contribution in [0.3, 0.4) is 0 Å². The Morgan fingerprint density at radius 1 is 1.32 bits per heavy atom. The molecule has 1 aliphatic carbocycles. The van der Waals surface area contributed by atoms with Gasteiger partial charge in [-0.05, 0) is 30.9 Å². The molecule has 1 heterocycles. The minimum absolute atomic E-state index is 0.134. The van der Waals surface area contributed by atoms with E-state index >= 15 is 0 Å². The third-order valence-corrected chi connectivity index (χ3v) is 8.11. The molecule has 0 aromatic heterocycles. The Hall–Kier alpha value is -1.56. The highest BCUT2D eigenvalue weighted by Gasteiger charge is 2.53. The summed E-state index contributed by atoms with van der Waals surface area (Å²) in [5.74, 6) is 0.758. The lowest BCUT2D eigenvalue weighted by Crippen LogP contribution is -2.67. The van der Waals surface area contributed by atoms with Crippen molar-refractivity contribution in [3.63, 3.8) is 0 Å². The number of nitrogens with zero attached hydrogens (tertiary/aromatic N) is 1. The van der Waals surface area contributed by atoms with Crippen LogP contribution in [0.5, 0.6) is 0 Å². The number of alkyl carbamates (subject to hydrolysis) is 1. The number of amides is 1. The minimum Gasteiger partial charge on any atom is -0.446 e. The summed E-state index contributed by atoms with van der Waals surface area (Å²) < 4.78 is 23.6. The quantitative estimate of drug-likeness (QED) is 0.883. The second-order valence-electron chi connectivity index (χ2n) is 7.53. The van der Waals surface area contributed by atoms with Crippen LogP contribution < -0.4 is 5.32 Å². The number of carbonyl (C=O) groups excluding carboxylic acids is 1. The Kier molecular flexibility index (Phi) is 5.09. The molecular formula is C19H28N2O3S. The van der Waals surface area contributed by atoms with Gasteiger partial charge in [-0.2, -0.15) is 0 Å². The van der Waals surface area contributed by atoms with E-state index in [1.54, 1.807) is 7.05 Å². The first-order chi connectivity index (χ1) is 11.9. The molecule has 1 saturated carbocycles. The molecule has 2 fully saturated rings. The Morgan fingerprint density at radius 2 is 2.04 bits per heavy atom. The van der Waals surface area contributed by atoms with Gasteiger partial charge in [0.1, 0.15) is 6.10 Å². The summed E-state index contributed by atoms with van der Waals surface area (Å²) in [5, 5.41) is 3.08. The van der Waals surface area contributed by atoms with Crippen molar-refractivity contribution >= 4 is 15.8 Å². The maximum atomic E-state index is 13.7. The third-order valence-electron chi connectivity index (χ3n) is 5.61. The largest absolute Gasteiger partial charge is 0.446 e. The average Bonchev–Trinajstić information content (AvgIpc) is 2.61. The fraction of sp³-hybridized carbons (Fsp3) is 0.632. The zero-order chi connectivity index (χ0) is 18.1. The van der Waals surface area contributed by atoms with Gasteiger partial charge in [0.15, 0.2) is 0 Å². The van der Waals surface area contributed by atoms with E-state index in [1.165, 1.54) is 0 Å². The van der Waals surface area contributed by atoms with Crippen molar-refractivity contribution in [2.45, 2.75) is 56.1 Å². The van der Waals surface area contributed by atoms with Crippen LogP contribution in [0.2, 0.25) is 0 Å². The second kappa shape index (κ2) is 6.98. The number of fused-ring (bicyclic) bond motifs is 1. The van der Waals surface area contributed by atoms with Crippen LogP contribution in [0.1, 0.15) is 39.5 Å². The monoisotopic (exact) mass is 364 g/mol. The standard InChI is InChI=1S/C19H28N2O3S/c1-14(2)17-16-11-7-8-12-19(16,21-18(22)24-17)13-25(23,20-3)15-9-5-4-6-10-15/h4-6,9-10,14,16-17H,7-8,11-13H2,1-3H3,(H,21,22)/t16-,17-,19+,25-/m0/s1. The molecule has 6 heteroatoms. The topological polar surface area (TPSA) is 67.8 Å². The number of carbonyl (C=O) groups is 1. The van der Waals surface area contributed by atoms with Gasteiger partial charge in [-0.1, -0.05) is 44.9 Å². The molecule has 1 aliphatic heterocycles. The Balaban J connectivity index is 2.02. The van der Waals surface area contributed by atoms with Gasteiger partial charge in [0.25, 0.3) is 0 Å². The van der Waals surface area contributed by atoms with E-state index in [9.17, 15) is 9.00 Å². The van der Waals surface area contributed by atoms with E-state index in [0.717, 1.165) is 30.6 Å². The van der Waals surface area contributed by atoms with Crippen LogP contribution in [-0.2, 0) is 14.5 Å². The second-order valence-corrected chi connectivity index (χ2v) is 9.93. The van der Waals surface area contributed by atoms with Crippen LogP contribution in [0.15, 0.2) is 39.6 Å². The summed E-state index contributed by atoms with van der Waals surface area (Å²) >= 11 is 0. The highest BCUT2D eigenvalue weighted by molar-refractivity contribution is 7.93. The number of nitrogens with one attached hydrogen (secondary N) is 1. The van der Waals surface area contributed by atoms with Gasteiger partial charge in [-0.3, -0.25) is 0 Å². The molecule has 0 unspecified atom stereocenters. The lowest BCUT2D eigenvalue weighted by atomic mass is 9.68. The molecule has 5 nitrogen and oxygen atoms in total. The Bertz CT molecular complexity index is 740. The van der Waals surface area contributed by atoms with Gasteiger partial charge in [0.2, 0.25) is 0 Å². The molecule has 1 N–H and O–H groups in total. The predicted octanol–water partition coefficient (Wildman–Crippen LogP) is 3.84. The van der Waals surface area contributed by atoms with Crippen molar-refractivity contribution in [2.75, 3.05) is 12.8 Å². The zero-order valence-electron chi connectivity index (χ0n) is 15.2. The van der Waals surface area contributed by atoms with Crippen LogP contribution in [0.4, 0.5) is 4.79 Å². The molecule has 4 atom stereocenters.